The molecule has 2 aromatic rings. The van der Waals surface area contributed by atoms with Gasteiger partial charge in [0.25, 0.3) is 5.91 Å². The zero-order valence-electron chi connectivity index (χ0n) is 17.0. The predicted molar refractivity (Wildman–Crippen MR) is 117 cm³/mol. The standard InChI is InChI=1S/C23H23N3O4S/c1-14-13-31-22-18(25-20(27)17(24)16-10-6-3-7-11-16)21(28)26(22)19(14)23(29)30-12-15-8-4-2-5-9-15/h2-11,17-18,22H,12-13,24H2,1H3,(H,25,27)/t17-,18+,22?/m1/s1. The van der Waals surface area contributed by atoms with E-state index < -0.39 is 24.0 Å². The van der Waals surface area contributed by atoms with Crippen molar-refractivity contribution in [2.24, 2.45) is 5.73 Å². The van der Waals surface area contributed by atoms with E-state index in [9.17, 15) is 14.4 Å². The molecule has 0 spiro atoms. The van der Waals surface area contributed by atoms with Crippen LogP contribution in [0, 0.1) is 0 Å². The molecule has 4 rings (SSSR count). The fourth-order valence-electron chi connectivity index (χ4n) is 3.61. The Balaban J connectivity index is 1.41. The number of hydrogen-bond donors (Lipinski definition) is 2. The van der Waals surface area contributed by atoms with Gasteiger partial charge in [0.2, 0.25) is 5.91 Å². The molecule has 1 unspecified atom stereocenters. The molecule has 1 fully saturated rings. The summed E-state index contributed by atoms with van der Waals surface area (Å²) in [5.74, 6) is -0.728. The van der Waals surface area contributed by atoms with Crippen LogP contribution in [-0.4, -0.2) is 39.9 Å². The van der Waals surface area contributed by atoms with Crippen molar-refractivity contribution in [2.45, 2.75) is 31.0 Å². The highest BCUT2D eigenvalue weighted by Crippen LogP contribution is 2.40. The zero-order valence-corrected chi connectivity index (χ0v) is 17.8. The van der Waals surface area contributed by atoms with Crippen molar-refractivity contribution in [3.8, 4) is 0 Å². The molecule has 2 amide bonds. The molecule has 3 N–H and O–H groups in total. The third kappa shape index (κ3) is 4.22. The number of fused-ring (bicyclic) bond motifs is 1. The van der Waals surface area contributed by atoms with Crippen LogP contribution >= 0.6 is 11.8 Å². The fourth-order valence-corrected chi connectivity index (χ4v) is 4.90. The predicted octanol–water partition coefficient (Wildman–Crippen LogP) is 2.10. The molecule has 0 aromatic heterocycles. The lowest BCUT2D eigenvalue weighted by molar-refractivity contribution is -0.153. The molecule has 2 heterocycles. The van der Waals surface area contributed by atoms with E-state index in [2.05, 4.69) is 5.32 Å². The highest BCUT2D eigenvalue weighted by molar-refractivity contribution is 8.00. The number of β-lactam (4-membered cyclic amide) rings is 1. The van der Waals surface area contributed by atoms with E-state index in [0.717, 1.165) is 11.1 Å². The maximum absolute atomic E-state index is 12.8. The van der Waals surface area contributed by atoms with Gasteiger partial charge in [0.05, 0.1) is 0 Å². The monoisotopic (exact) mass is 437 g/mol. The van der Waals surface area contributed by atoms with Gasteiger partial charge in [0.1, 0.15) is 29.8 Å². The molecule has 0 bridgehead atoms. The summed E-state index contributed by atoms with van der Waals surface area (Å²) in [5, 5.41) is 2.39. The van der Waals surface area contributed by atoms with Gasteiger partial charge < -0.3 is 15.8 Å². The van der Waals surface area contributed by atoms with E-state index in [4.69, 9.17) is 10.5 Å². The van der Waals surface area contributed by atoms with E-state index in [1.165, 1.54) is 16.7 Å². The van der Waals surface area contributed by atoms with Crippen molar-refractivity contribution in [1.82, 2.24) is 10.2 Å². The fraction of sp³-hybridized carbons (Fsp3) is 0.261. The lowest BCUT2D eigenvalue weighted by Crippen LogP contribution is -2.71. The third-order valence-corrected chi connectivity index (χ3v) is 6.73. The van der Waals surface area contributed by atoms with Crippen molar-refractivity contribution in [1.29, 1.82) is 0 Å². The number of ether oxygens (including phenoxy) is 1. The molecule has 8 heteroatoms. The van der Waals surface area contributed by atoms with Gasteiger partial charge in [-0.2, -0.15) is 0 Å². The molecule has 0 radical (unpaired) electrons. The normalized spacial score (nSPS) is 21.1. The largest absolute Gasteiger partial charge is 0.456 e. The minimum Gasteiger partial charge on any atom is -0.456 e. The van der Waals surface area contributed by atoms with E-state index in [0.29, 0.717) is 11.3 Å². The van der Waals surface area contributed by atoms with Gasteiger partial charge in [-0.3, -0.25) is 14.5 Å². The van der Waals surface area contributed by atoms with Crippen LogP contribution in [0.1, 0.15) is 24.1 Å². The van der Waals surface area contributed by atoms with Gasteiger partial charge in [-0.1, -0.05) is 60.7 Å². The van der Waals surface area contributed by atoms with Crippen LogP contribution in [0.4, 0.5) is 0 Å². The SMILES string of the molecule is CC1=C(C(=O)OCc2ccccc2)N2C(=O)[C@H](NC(=O)[C@H](N)c3ccccc3)C2SC1. The number of carbonyl (C=O) groups excluding carboxylic acids is 3. The van der Waals surface area contributed by atoms with E-state index >= 15 is 0 Å². The Labute approximate surface area is 184 Å². The zero-order chi connectivity index (χ0) is 22.0. The van der Waals surface area contributed by atoms with E-state index in [1.54, 1.807) is 24.3 Å². The first-order valence-corrected chi connectivity index (χ1v) is 11.0. The maximum Gasteiger partial charge on any atom is 0.355 e. The average Bonchev–Trinajstić information content (AvgIpc) is 2.81. The summed E-state index contributed by atoms with van der Waals surface area (Å²) in [7, 11) is 0. The van der Waals surface area contributed by atoms with Gasteiger partial charge >= 0.3 is 5.97 Å². The van der Waals surface area contributed by atoms with Gasteiger partial charge in [-0.05, 0) is 23.6 Å². The van der Waals surface area contributed by atoms with Crippen LogP contribution in [-0.2, 0) is 25.7 Å². The molecular weight excluding hydrogens is 414 g/mol. The summed E-state index contributed by atoms with van der Waals surface area (Å²) in [6, 6.07) is 16.7. The Hall–Kier alpha value is -3.10. The summed E-state index contributed by atoms with van der Waals surface area (Å²) in [4.78, 5) is 39.6. The number of nitrogens with two attached hydrogens (primary N) is 1. The number of nitrogens with zero attached hydrogens (tertiary/aromatic N) is 1. The first-order valence-electron chi connectivity index (χ1n) is 9.93. The highest BCUT2D eigenvalue weighted by atomic mass is 32.2. The second-order valence-electron chi connectivity index (χ2n) is 7.48. The lowest BCUT2D eigenvalue weighted by atomic mass is 10.0. The minimum absolute atomic E-state index is 0.127. The summed E-state index contributed by atoms with van der Waals surface area (Å²) in [6.45, 7) is 1.94. The molecule has 160 valence electrons. The molecule has 1 saturated heterocycles. The number of esters is 1. The number of carbonyl (C=O) groups is 3. The van der Waals surface area contributed by atoms with Gasteiger partial charge in [0.15, 0.2) is 0 Å². The summed E-state index contributed by atoms with van der Waals surface area (Å²) < 4.78 is 5.44. The van der Waals surface area contributed by atoms with Gasteiger partial charge in [-0.25, -0.2) is 4.79 Å². The topological polar surface area (TPSA) is 102 Å². The summed E-state index contributed by atoms with van der Waals surface area (Å²) >= 11 is 1.50. The molecule has 7 nitrogen and oxygen atoms in total. The summed E-state index contributed by atoms with van der Waals surface area (Å²) in [6.07, 6.45) is 0. The molecule has 0 saturated carbocycles. The number of benzene rings is 2. The van der Waals surface area contributed by atoms with Crippen molar-refractivity contribution in [2.75, 3.05) is 5.75 Å². The van der Waals surface area contributed by atoms with E-state index in [-0.39, 0.29) is 23.6 Å². The minimum atomic E-state index is -0.871. The molecule has 3 atom stereocenters. The third-order valence-electron chi connectivity index (χ3n) is 5.30. The van der Waals surface area contributed by atoms with Crippen molar-refractivity contribution < 1.29 is 19.1 Å². The molecule has 2 aliphatic rings. The Morgan fingerprint density at radius 2 is 1.81 bits per heavy atom. The molecule has 2 aromatic carbocycles. The number of hydrogen-bond acceptors (Lipinski definition) is 6. The van der Waals surface area contributed by atoms with Crippen LogP contribution in [0.15, 0.2) is 71.9 Å². The first kappa shape index (κ1) is 21.1. The Kier molecular flexibility index (Phi) is 6.11. The van der Waals surface area contributed by atoms with Crippen LogP contribution in [0.3, 0.4) is 0 Å². The summed E-state index contributed by atoms with van der Waals surface area (Å²) in [5.41, 5.74) is 8.62. The molecule has 31 heavy (non-hydrogen) atoms. The van der Waals surface area contributed by atoms with Crippen molar-refractivity contribution in [3.63, 3.8) is 0 Å². The molecule has 2 aliphatic heterocycles. The number of amides is 2. The highest BCUT2D eigenvalue weighted by Gasteiger charge is 2.54. The number of rotatable bonds is 6. The van der Waals surface area contributed by atoms with Crippen molar-refractivity contribution >= 4 is 29.5 Å². The number of thioether (sulfide) groups is 1. The molecule has 0 aliphatic carbocycles. The maximum atomic E-state index is 12.8. The Morgan fingerprint density at radius 3 is 2.48 bits per heavy atom. The van der Waals surface area contributed by atoms with Crippen LogP contribution in [0.25, 0.3) is 0 Å². The van der Waals surface area contributed by atoms with Crippen LogP contribution in [0.5, 0.6) is 0 Å². The first-order chi connectivity index (χ1) is 15.0. The Bertz CT molecular complexity index is 1030. The average molecular weight is 438 g/mol. The second kappa shape index (κ2) is 8.95. The van der Waals surface area contributed by atoms with Gasteiger partial charge in [-0.15, -0.1) is 11.8 Å². The Morgan fingerprint density at radius 1 is 1.16 bits per heavy atom. The van der Waals surface area contributed by atoms with Gasteiger partial charge in [0, 0.05) is 5.75 Å². The van der Waals surface area contributed by atoms with Crippen LogP contribution < -0.4 is 11.1 Å². The van der Waals surface area contributed by atoms with E-state index in [1.807, 2.05) is 43.3 Å². The quantitative estimate of drug-likeness (QED) is 0.530. The smallest absolute Gasteiger partial charge is 0.355 e. The molecular formula is C23H23N3O4S. The second-order valence-corrected chi connectivity index (χ2v) is 8.58. The van der Waals surface area contributed by atoms with Crippen LogP contribution in [0.2, 0.25) is 0 Å². The van der Waals surface area contributed by atoms with Crippen molar-refractivity contribution in [3.05, 3.63) is 83.1 Å². The number of nitrogens with one attached hydrogen (secondary N) is 1. The lowest BCUT2D eigenvalue weighted by Gasteiger charge is -2.49.